The normalized spacial score (nSPS) is 13.5. The maximum atomic E-state index is 13.0. The summed E-state index contributed by atoms with van der Waals surface area (Å²) >= 11 is 0. The molecule has 1 aromatic carbocycles. The van der Waals surface area contributed by atoms with E-state index in [4.69, 9.17) is 0 Å². The Labute approximate surface area is 142 Å². The lowest BCUT2D eigenvalue weighted by atomic mass is 10.2. The molecule has 0 saturated heterocycles. The Hall–Kier alpha value is -1.77. The minimum atomic E-state index is -3.52. The van der Waals surface area contributed by atoms with Crippen LogP contribution in [0.15, 0.2) is 29.2 Å². The molecular formula is C16H24FN4O2S+. The molecule has 0 aliphatic heterocycles. The first-order valence-electron chi connectivity index (χ1n) is 7.65. The first-order valence-corrected chi connectivity index (χ1v) is 9.09. The van der Waals surface area contributed by atoms with Gasteiger partial charge in [-0.2, -0.15) is 5.10 Å². The van der Waals surface area contributed by atoms with E-state index in [1.807, 2.05) is 7.05 Å². The molecule has 0 fully saturated rings. The van der Waals surface area contributed by atoms with E-state index in [2.05, 4.69) is 5.10 Å². The SMILES string of the molecule is Cc1nn(C[NH+](C)Cc2ccc(F)cc2)c(C)c1S(=O)(=O)N(C)C. The van der Waals surface area contributed by atoms with E-state index in [1.54, 1.807) is 30.7 Å². The highest BCUT2D eigenvalue weighted by atomic mass is 32.2. The molecule has 1 aromatic heterocycles. The van der Waals surface area contributed by atoms with Gasteiger partial charge in [0, 0.05) is 19.7 Å². The van der Waals surface area contributed by atoms with Crippen molar-refractivity contribution in [3.05, 3.63) is 47.0 Å². The fourth-order valence-electron chi connectivity index (χ4n) is 2.65. The molecule has 8 heteroatoms. The number of halogens is 1. The van der Waals surface area contributed by atoms with E-state index in [0.29, 0.717) is 24.6 Å². The highest BCUT2D eigenvalue weighted by molar-refractivity contribution is 7.89. The Kier molecular flexibility index (Phi) is 5.42. The van der Waals surface area contributed by atoms with Crippen LogP contribution in [0.3, 0.4) is 0 Å². The van der Waals surface area contributed by atoms with E-state index in [-0.39, 0.29) is 10.7 Å². The molecule has 132 valence electrons. The Balaban J connectivity index is 2.20. The third-order valence-electron chi connectivity index (χ3n) is 3.89. The lowest BCUT2D eigenvalue weighted by molar-refractivity contribution is -0.917. The number of aromatic nitrogens is 2. The van der Waals surface area contributed by atoms with Gasteiger partial charge in [0.05, 0.1) is 18.4 Å². The van der Waals surface area contributed by atoms with Crippen LogP contribution in [0.4, 0.5) is 4.39 Å². The molecule has 2 rings (SSSR count). The number of aryl methyl sites for hydroxylation is 1. The molecule has 0 saturated carbocycles. The van der Waals surface area contributed by atoms with Crippen LogP contribution in [-0.4, -0.2) is 43.6 Å². The Morgan fingerprint density at radius 1 is 1.21 bits per heavy atom. The number of rotatable bonds is 6. The Bertz CT molecular complexity index is 813. The van der Waals surface area contributed by atoms with Crippen molar-refractivity contribution in [3.63, 3.8) is 0 Å². The van der Waals surface area contributed by atoms with Crippen LogP contribution >= 0.6 is 0 Å². The number of sulfonamides is 1. The Morgan fingerprint density at radius 2 is 1.79 bits per heavy atom. The lowest BCUT2D eigenvalue weighted by Gasteiger charge is -2.16. The van der Waals surface area contributed by atoms with Crippen LogP contribution in [0.5, 0.6) is 0 Å². The molecule has 0 bridgehead atoms. The summed E-state index contributed by atoms with van der Waals surface area (Å²) in [5.41, 5.74) is 2.13. The topological polar surface area (TPSA) is 59.6 Å². The van der Waals surface area contributed by atoms with Crippen molar-refractivity contribution >= 4 is 10.0 Å². The second-order valence-corrected chi connectivity index (χ2v) is 8.29. The number of hydrogen-bond donors (Lipinski definition) is 1. The molecule has 1 unspecified atom stereocenters. The predicted octanol–water partition coefficient (Wildman–Crippen LogP) is 0.562. The average Bonchev–Trinajstić information content (AvgIpc) is 2.76. The van der Waals surface area contributed by atoms with E-state index in [0.717, 1.165) is 10.5 Å². The van der Waals surface area contributed by atoms with Crippen molar-refractivity contribution < 1.29 is 17.7 Å². The fraction of sp³-hybridized carbons (Fsp3) is 0.438. The van der Waals surface area contributed by atoms with Crippen molar-refractivity contribution in [1.82, 2.24) is 14.1 Å². The molecule has 0 aliphatic rings. The average molecular weight is 355 g/mol. The van der Waals surface area contributed by atoms with Gasteiger partial charge in [0.25, 0.3) is 0 Å². The number of nitrogens with zero attached hydrogens (tertiary/aromatic N) is 3. The van der Waals surface area contributed by atoms with Crippen molar-refractivity contribution in [3.8, 4) is 0 Å². The summed E-state index contributed by atoms with van der Waals surface area (Å²) in [5.74, 6) is -0.256. The summed E-state index contributed by atoms with van der Waals surface area (Å²) in [4.78, 5) is 1.38. The Morgan fingerprint density at radius 3 is 2.33 bits per heavy atom. The van der Waals surface area contributed by atoms with Gasteiger partial charge in [-0.15, -0.1) is 0 Å². The molecule has 24 heavy (non-hydrogen) atoms. The molecule has 0 amide bonds. The van der Waals surface area contributed by atoms with Crippen LogP contribution in [-0.2, 0) is 23.2 Å². The van der Waals surface area contributed by atoms with E-state index in [9.17, 15) is 12.8 Å². The van der Waals surface area contributed by atoms with Crippen molar-refractivity contribution in [2.45, 2.75) is 32.0 Å². The first kappa shape index (κ1) is 18.6. The van der Waals surface area contributed by atoms with Gasteiger partial charge < -0.3 is 4.90 Å². The van der Waals surface area contributed by atoms with Gasteiger partial charge in [-0.1, -0.05) is 12.1 Å². The molecule has 1 N–H and O–H groups in total. The molecule has 6 nitrogen and oxygen atoms in total. The van der Waals surface area contributed by atoms with E-state index < -0.39 is 10.0 Å². The van der Waals surface area contributed by atoms with Gasteiger partial charge >= 0.3 is 0 Å². The molecule has 0 aliphatic carbocycles. The summed E-state index contributed by atoms with van der Waals surface area (Å²) in [6.45, 7) is 4.68. The van der Waals surface area contributed by atoms with Gasteiger partial charge in [0.1, 0.15) is 17.3 Å². The number of benzene rings is 1. The first-order chi connectivity index (χ1) is 11.1. The molecule has 0 radical (unpaired) electrons. The zero-order chi connectivity index (χ0) is 18.1. The molecule has 1 atom stereocenters. The summed E-state index contributed by atoms with van der Waals surface area (Å²) in [6.07, 6.45) is 0. The van der Waals surface area contributed by atoms with E-state index in [1.165, 1.54) is 30.5 Å². The van der Waals surface area contributed by atoms with Crippen LogP contribution in [0.1, 0.15) is 17.0 Å². The minimum Gasteiger partial charge on any atom is -0.315 e. The van der Waals surface area contributed by atoms with Crippen LogP contribution in [0.2, 0.25) is 0 Å². The highest BCUT2D eigenvalue weighted by Crippen LogP contribution is 2.21. The van der Waals surface area contributed by atoms with Gasteiger partial charge in [0.2, 0.25) is 10.0 Å². The quantitative estimate of drug-likeness (QED) is 0.824. The number of nitrogens with one attached hydrogen (secondary N) is 1. The van der Waals surface area contributed by atoms with Crippen LogP contribution in [0.25, 0.3) is 0 Å². The fourth-order valence-corrected chi connectivity index (χ4v) is 3.91. The summed E-state index contributed by atoms with van der Waals surface area (Å²) in [7, 11) is 1.49. The maximum Gasteiger partial charge on any atom is 0.246 e. The zero-order valence-corrected chi connectivity index (χ0v) is 15.5. The monoisotopic (exact) mass is 355 g/mol. The standard InChI is InChI=1S/C16H23FN4O2S/c1-12-16(24(22,23)19(3)4)13(2)21(18-12)11-20(5)10-14-6-8-15(17)9-7-14/h6-9H,10-11H2,1-5H3/p+1. The second kappa shape index (κ2) is 7.00. The molecule has 1 heterocycles. The number of hydrogen-bond acceptors (Lipinski definition) is 3. The minimum absolute atomic E-state index is 0.256. The zero-order valence-electron chi connectivity index (χ0n) is 14.7. The van der Waals surface area contributed by atoms with Gasteiger partial charge in [0.15, 0.2) is 6.67 Å². The van der Waals surface area contributed by atoms with Gasteiger partial charge in [-0.3, -0.25) is 0 Å². The van der Waals surface area contributed by atoms with Gasteiger partial charge in [-0.25, -0.2) is 21.8 Å². The second-order valence-electron chi connectivity index (χ2n) is 6.21. The number of quaternary nitrogens is 1. The molecule has 0 spiro atoms. The van der Waals surface area contributed by atoms with Crippen molar-refractivity contribution in [1.29, 1.82) is 0 Å². The van der Waals surface area contributed by atoms with Crippen molar-refractivity contribution in [2.75, 3.05) is 21.1 Å². The summed E-state index contributed by atoms with van der Waals surface area (Å²) in [6, 6.07) is 6.38. The third-order valence-corrected chi connectivity index (χ3v) is 5.96. The smallest absolute Gasteiger partial charge is 0.246 e. The third kappa shape index (κ3) is 3.82. The molecule has 2 aromatic rings. The van der Waals surface area contributed by atoms with Crippen molar-refractivity contribution in [2.24, 2.45) is 0 Å². The van der Waals surface area contributed by atoms with E-state index >= 15 is 0 Å². The summed E-state index contributed by atoms with van der Waals surface area (Å²) < 4.78 is 40.7. The van der Waals surface area contributed by atoms with Gasteiger partial charge in [-0.05, 0) is 26.0 Å². The summed E-state index contributed by atoms with van der Waals surface area (Å²) in [5, 5.41) is 4.38. The predicted molar refractivity (Wildman–Crippen MR) is 89.6 cm³/mol. The van der Waals surface area contributed by atoms with Crippen LogP contribution < -0.4 is 4.90 Å². The molecular weight excluding hydrogens is 331 g/mol. The maximum absolute atomic E-state index is 13.0. The highest BCUT2D eigenvalue weighted by Gasteiger charge is 2.27. The van der Waals surface area contributed by atoms with Crippen LogP contribution in [0, 0.1) is 19.7 Å². The lowest BCUT2D eigenvalue weighted by Crippen LogP contribution is -3.07. The largest absolute Gasteiger partial charge is 0.315 e.